The molecular weight excluding hydrogens is 278 g/mol. The standard InChI is InChI=1S/C16H23N5O/c1-3-4-5-8-21(16(17)18)20-11-12-10-19-15-7-6-13(22-2)9-14(12)15/h6-7,9-11,19H,3-5,8H2,1-2H3,(H3,17,18)/b20-11-. The van der Waals surface area contributed by atoms with Crippen molar-refractivity contribution >= 4 is 23.1 Å². The lowest BCUT2D eigenvalue weighted by atomic mass is 10.2. The van der Waals surface area contributed by atoms with E-state index in [0.29, 0.717) is 6.54 Å². The lowest BCUT2D eigenvalue weighted by Crippen LogP contribution is -2.33. The molecule has 118 valence electrons. The number of H-pyrrole nitrogens is 1. The first-order chi connectivity index (χ1) is 10.7. The number of guanidine groups is 1. The van der Waals surface area contributed by atoms with Crippen LogP contribution >= 0.6 is 0 Å². The van der Waals surface area contributed by atoms with E-state index in [1.54, 1.807) is 13.3 Å². The second kappa shape index (κ2) is 7.49. The van der Waals surface area contributed by atoms with Crippen LogP contribution in [0.4, 0.5) is 0 Å². The van der Waals surface area contributed by atoms with Gasteiger partial charge in [0, 0.05) is 29.2 Å². The van der Waals surface area contributed by atoms with E-state index in [2.05, 4.69) is 17.0 Å². The summed E-state index contributed by atoms with van der Waals surface area (Å²) in [7, 11) is 1.65. The van der Waals surface area contributed by atoms with Gasteiger partial charge in [0.15, 0.2) is 0 Å². The van der Waals surface area contributed by atoms with Gasteiger partial charge in [0.2, 0.25) is 5.96 Å². The quantitative estimate of drug-likeness (QED) is 0.318. The first-order valence-electron chi connectivity index (χ1n) is 7.46. The second-order valence-electron chi connectivity index (χ2n) is 5.12. The molecule has 1 heterocycles. The van der Waals surface area contributed by atoms with Gasteiger partial charge in [0.05, 0.1) is 13.3 Å². The van der Waals surface area contributed by atoms with E-state index < -0.39 is 0 Å². The van der Waals surface area contributed by atoms with Crippen LogP contribution in [-0.4, -0.2) is 35.8 Å². The number of hydrogen-bond donors (Lipinski definition) is 3. The molecule has 2 aromatic rings. The molecule has 22 heavy (non-hydrogen) atoms. The van der Waals surface area contributed by atoms with E-state index in [1.807, 2.05) is 24.4 Å². The van der Waals surface area contributed by atoms with E-state index >= 15 is 0 Å². The fraction of sp³-hybridized carbons (Fsp3) is 0.375. The van der Waals surface area contributed by atoms with Crippen molar-refractivity contribution in [2.24, 2.45) is 10.8 Å². The van der Waals surface area contributed by atoms with Gasteiger partial charge in [-0.3, -0.25) is 5.41 Å². The Bertz CT molecular complexity index is 662. The Kier molecular flexibility index (Phi) is 5.41. The smallest absolute Gasteiger partial charge is 0.209 e. The number of aromatic amines is 1. The predicted octanol–water partition coefficient (Wildman–Crippen LogP) is 2.90. The molecule has 0 radical (unpaired) electrons. The fourth-order valence-electron chi connectivity index (χ4n) is 2.24. The van der Waals surface area contributed by atoms with Crippen LogP contribution in [0.5, 0.6) is 5.75 Å². The van der Waals surface area contributed by atoms with Crippen LogP contribution in [0.2, 0.25) is 0 Å². The molecule has 1 aromatic carbocycles. The molecule has 0 bridgehead atoms. The molecule has 0 aliphatic carbocycles. The van der Waals surface area contributed by atoms with E-state index in [9.17, 15) is 0 Å². The largest absolute Gasteiger partial charge is 0.497 e. The Morgan fingerprint density at radius 3 is 2.95 bits per heavy atom. The first kappa shape index (κ1) is 15.9. The van der Waals surface area contributed by atoms with Crippen molar-refractivity contribution in [3.05, 3.63) is 30.0 Å². The number of hydrazone groups is 1. The highest BCUT2D eigenvalue weighted by Gasteiger charge is 2.06. The highest BCUT2D eigenvalue weighted by atomic mass is 16.5. The number of rotatable bonds is 7. The van der Waals surface area contributed by atoms with Crippen LogP contribution in [0.25, 0.3) is 10.9 Å². The number of ether oxygens (including phenoxy) is 1. The van der Waals surface area contributed by atoms with E-state index in [4.69, 9.17) is 15.9 Å². The molecule has 0 spiro atoms. The number of nitrogens with two attached hydrogens (primary N) is 1. The zero-order chi connectivity index (χ0) is 15.9. The molecule has 6 heteroatoms. The van der Waals surface area contributed by atoms with Gasteiger partial charge >= 0.3 is 0 Å². The summed E-state index contributed by atoms with van der Waals surface area (Å²) in [6, 6.07) is 5.84. The third kappa shape index (κ3) is 3.78. The van der Waals surface area contributed by atoms with Gasteiger partial charge in [0.25, 0.3) is 0 Å². The van der Waals surface area contributed by atoms with Crippen molar-refractivity contribution in [3.63, 3.8) is 0 Å². The Morgan fingerprint density at radius 1 is 1.45 bits per heavy atom. The summed E-state index contributed by atoms with van der Waals surface area (Å²) >= 11 is 0. The number of nitrogens with zero attached hydrogens (tertiary/aromatic N) is 2. The number of unbranched alkanes of at least 4 members (excludes halogenated alkanes) is 2. The third-order valence-corrected chi connectivity index (χ3v) is 3.51. The van der Waals surface area contributed by atoms with Gasteiger partial charge < -0.3 is 15.5 Å². The van der Waals surface area contributed by atoms with Gasteiger partial charge in [-0.25, -0.2) is 5.01 Å². The minimum atomic E-state index is -0.0372. The molecule has 0 aliphatic heterocycles. The summed E-state index contributed by atoms with van der Waals surface area (Å²) in [6.45, 7) is 2.80. The van der Waals surface area contributed by atoms with Crippen LogP contribution in [0.1, 0.15) is 31.7 Å². The van der Waals surface area contributed by atoms with Crippen molar-refractivity contribution in [2.75, 3.05) is 13.7 Å². The van der Waals surface area contributed by atoms with Gasteiger partial charge in [-0.05, 0) is 24.6 Å². The second-order valence-corrected chi connectivity index (χ2v) is 5.12. The number of hydrogen-bond acceptors (Lipinski definition) is 3. The summed E-state index contributed by atoms with van der Waals surface area (Å²) in [6.07, 6.45) is 6.81. The fourth-order valence-corrected chi connectivity index (χ4v) is 2.24. The minimum absolute atomic E-state index is 0.0372. The highest BCUT2D eigenvalue weighted by molar-refractivity contribution is 5.99. The van der Waals surface area contributed by atoms with E-state index in [-0.39, 0.29) is 5.96 Å². The molecule has 0 atom stereocenters. The zero-order valence-corrected chi connectivity index (χ0v) is 13.1. The monoisotopic (exact) mass is 301 g/mol. The summed E-state index contributed by atoms with van der Waals surface area (Å²) in [5.41, 5.74) is 7.54. The Morgan fingerprint density at radius 2 is 2.27 bits per heavy atom. The lowest BCUT2D eigenvalue weighted by Gasteiger charge is -2.15. The van der Waals surface area contributed by atoms with Crippen molar-refractivity contribution in [1.82, 2.24) is 9.99 Å². The minimum Gasteiger partial charge on any atom is -0.497 e. The van der Waals surface area contributed by atoms with Crippen LogP contribution < -0.4 is 10.5 Å². The first-order valence-corrected chi connectivity index (χ1v) is 7.46. The number of nitrogens with one attached hydrogen (secondary N) is 2. The zero-order valence-electron chi connectivity index (χ0n) is 13.1. The van der Waals surface area contributed by atoms with Crippen LogP contribution in [0.3, 0.4) is 0 Å². The molecular formula is C16H23N5O. The normalized spacial score (nSPS) is 11.2. The lowest BCUT2D eigenvalue weighted by molar-refractivity contribution is 0.415. The van der Waals surface area contributed by atoms with Crippen LogP contribution in [-0.2, 0) is 0 Å². The van der Waals surface area contributed by atoms with Crippen LogP contribution in [0, 0.1) is 5.41 Å². The average Bonchev–Trinajstić information content (AvgIpc) is 2.92. The maximum Gasteiger partial charge on any atom is 0.209 e. The molecule has 1 aromatic heterocycles. The van der Waals surface area contributed by atoms with Crippen LogP contribution in [0.15, 0.2) is 29.5 Å². The molecule has 0 fully saturated rings. The van der Waals surface area contributed by atoms with Crippen molar-refractivity contribution in [3.8, 4) is 5.75 Å². The molecule has 0 unspecified atom stereocenters. The average molecular weight is 301 g/mol. The van der Waals surface area contributed by atoms with Gasteiger partial charge in [-0.2, -0.15) is 5.10 Å². The summed E-state index contributed by atoms with van der Waals surface area (Å²) in [5.74, 6) is 0.762. The molecule has 4 N–H and O–H groups in total. The summed E-state index contributed by atoms with van der Waals surface area (Å²) < 4.78 is 5.25. The number of aromatic nitrogens is 1. The molecule has 0 amide bonds. The number of methoxy groups -OCH3 is 1. The van der Waals surface area contributed by atoms with Crippen molar-refractivity contribution in [2.45, 2.75) is 26.2 Å². The van der Waals surface area contributed by atoms with Crippen molar-refractivity contribution < 1.29 is 4.74 Å². The SMILES string of the molecule is CCCCCN(/N=C\c1c[nH]c2ccc(OC)cc12)C(=N)N. The topological polar surface area (TPSA) is 90.5 Å². The Hall–Kier alpha value is -2.50. The molecule has 0 aliphatic rings. The summed E-state index contributed by atoms with van der Waals surface area (Å²) in [4.78, 5) is 3.19. The van der Waals surface area contributed by atoms with Crippen molar-refractivity contribution in [1.29, 1.82) is 5.41 Å². The molecule has 2 rings (SSSR count). The maximum absolute atomic E-state index is 7.60. The number of benzene rings is 1. The molecule has 0 saturated carbocycles. The predicted molar refractivity (Wildman–Crippen MR) is 90.6 cm³/mol. The Balaban J connectivity index is 2.18. The van der Waals surface area contributed by atoms with Gasteiger partial charge in [0.1, 0.15) is 5.75 Å². The van der Waals surface area contributed by atoms with E-state index in [1.165, 1.54) is 5.01 Å². The summed E-state index contributed by atoms with van der Waals surface area (Å²) in [5, 5.41) is 14.5. The maximum atomic E-state index is 7.60. The molecule has 6 nitrogen and oxygen atoms in total. The Labute approximate surface area is 130 Å². The highest BCUT2D eigenvalue weighted by Crippen LogP contribution is 2.22. The number of fused-ring (bicyclic) bond motifs is 1. The molecule has 0 saturated heterocycles. The van der Waals surface area contributed by atoms with E-state index in [0.717, 1.165) is 41.5 Å². The van der Waals surface area contributed by atoms with Gasteiger partial charge in [-0.15, -0.1) is 0 Å². The van der Waals surface area contributed by atoms with Gasteiger partial charge in [-0.1, -0.05) is 19.8 Å². The third-order valence-electron chi connectivity index (χ3n) is 3.51.